The van der Waals surface area contributed by atoms with E-state index in [0.29, 0.717) is 6.54 Å². The predicted octanol–water partition coefficient (Wildman–Crippen LogP) is 2.24. The van der Waals surface area contributed by atoms with Crippen molar-refractivity contribution in [3.8, 4) is 5.75 Å². The molecule has 1 aromatic heterocycles. The molecule has 1 aliphatic heterocycles. The largest absolute Gasteiger partial charge is 0.497 e. The summed E-state index contributed by atoms with van der Waals surface area (Å²) in [4.78, 5) is 20.7. The fourth-order valence-corrected chi connectivity index (χ4v) is 3.02. The number of aromatic nitrogens is 1. The SMILES string of the molecule is COc1ccc(N2CCCN(CC(=O)Nc3ccncc3)CC2)cc1. The minimum atomic E-state index is 0.0177. The Kier molecular flexibility index (Phi) is 5.85. The van der Waals surface area contributed by atoms with E-state index in [1.807, 2.05) is 12.1 Å². The molecule has 1 aliphatic rings. The quantitative estimate of drug-likeness (QED) is 0.905. The lowest BCUT2D eigenvalue weighted by molar-refractivity contribution is -0.117. The summed E-state index contributed by atoms with van der Waals surface area (Å²) in [6, 6.07) is 11.7. The number of nitrogens with one attached hydrogen (secondary N) is 1. The van der Waals surface area contributed by atoms with E-state index >= 15 is 0 Å². The molecule has 0 unspecified atom stereocenters. The molecule has 3 rings (SSSR count). The van der Waals surface area contributed by atoms with E-state index in [9.17, 15) is 4.79 Å². The Labute approximate surface area is 148 Å². The third kappa shape index (κ3) is 4.93. The number of nitrogens with zero attached hydrogens (tertiary/aromatic N) is 3. The smallest absolute Gasteiger partial charge is 0.238 e. The molecule has 0 spiro atoms. The highest BCUT2D eigenvalue weighted by Crippen LogP contribution is 2.20. The zero-order chi connectivity index (χ0) is 17.5. The van der Waals surface area contributed by atoms with Gasteiger partial charge in [-0.05, 0) is 42.8 Å². The van der Waals surface area contributed by atoms with Crippen molar-refractivity contribution in [3.63, 3.8) is 0 Å². The van der Waals surface area contributed by atoms with Crippen molar-refractivity contribution in [2.24, 2.45) is 0 Å². The summed E-state index contributed by atoms with van der Waals surface area (Å²) in [5, 5.41) is 2.92. The van der Waals surface area contributed by atoms with Gasteiger partial charge in [-0.15, -0.1) is 0 Å². The van der Waals surface area contributed by atoms with Gasteiger partial charge < -0.3 is 15.0 Å². The van der Waals surface area contributed by atoms with Gasteiger partial charge in [0, 0.05) is 49.9 Å². The van der Waals surface area contributed by atoms with E-state index in [1.165, 1.54) is 5.69 Å². The lowest BCUT2D eigenvalue weighted by atomic mass is 10.2. The van der Waals surface area contributed by atoms with Gasteiger partial charge in [-0.1, -0.05) is 0 Å². The van der Waals surface area contributed by atoms with Crippen LogP contribution in [0.3, 0.4) is 0 Å². The maximum absolute atomic E-state index is 12.2. The van der Waals surface area contributed by atoms with Gasteiger partial charge >= 0.3 is 0 Å². The van der Waals surface area contributed by atoms with Crippen LogP contribution in [0.15, 0.2) is 48.8 Å². The summed E-state index contributed by atoms with van der Waals surface area (Å²) in [5.74, 6) is 0.886. The number of hydrogen-bond acceptors (Lipinski definition) is 5. The molecule has 132 valence electrons. The Hall–Kier alpha value is -2.60. The average Bonchev–Trinajstić information content (AvgIpc) is 2.88. The summed E-state index contributed by atoms with van der Waals surface area (Å²) in [6.45, 7) is 4.12. The third-order valence-corrected chi connectivity index (χ3v) is 4.36. The summed E-state index contributed by atoms with van der Waals surface area (Å²) in [7, 11) is 1.68. The third-order valence-electron chi connectivity index (χ3n) is 4.36. The van der Waals surface area contributed by atoms with Crippen LogP contribution in [-0.2, 0) is 4.79 Å². The Bertz CT molecular complexity index is 676. The molecule has 1 fully saturated rings. The fraction of sp³-hybridized carbons (Fsp3) is 0.368. The highest BCUT2D eigenvalue weighted by molar-refractivity contribution is 5.92. The lowest BCUT2D eigenvalue weighted by Crippen LogP contribution is -2.36. The van der Waals surface area contributed by atoms with Crippen molar-refractivity contribution in [3.05, 3.63) is 48.8 Å². The molecule has 1 N–H and O–H groups in total. The van der Waals surface area contributed by atoms with Gasteiger partial charge in [0.25, 0.3) is 0 Å². The van der Waals surface area contributed by atoms with Crippen LogP contribution < -0.4 is 15.0 Å². The first-order valence-corrected chi connectivity index (χ1v) is 8.56. The van der Waals surface area contributed by atoms with E-state index < -0.39 is 0 Å². The minimum absolute atomic E-state index is 0.0177. The van der Waals surface area contributed by atoms with Crippen molar-refractivity contribution in [1.82, 2.24) is 9.88 Å². The maximum atomic E-state index is 12.2. The molecule has 2 heterocycles. The Morgan fingerprint density at radius 3 is 2.56 bits per heavy atom. The van der Waals surface area contributed by atoms with Crippen LogP contribution >= 0.6 is 0 Å². The highest BCUT2D eigenvalue weighted by Gasteiger charge is 2.17. The number of hydrogen-bond donors (Lipinski definition) is 1. The van der Waals surface area contributed by atoms with Crippen molar-refractivity contribution >= 4 is 17.3 Å². The van der Waals surface area contributed by atoms with Crippen LogP contribution in [0.25, 0.3) is 0 Å². The highest BCUT2D eigenvalue weighted by atomic mass is 16.5. The average molecular weight is 340 g/mol. The normalized spacial score (nSPS) is 15.5. The number of anilines is 2. The predicted molar refractivity (Wildman–Crippen MR) is 99.1 cm³/mol. The van der Waals surface area contributed by atoms with Gasteiger partial charge in [0.2, 0.25) is 5.91 Å². The van der Waals surface area contributed by atoms with Gasteiger partial charge in [-0.25, -0.2) is 0 Å². The van der Waals surface area contributed by atoms with E-state index in [1.54, 1.807) is 31.6 Å². The number of benzene rings is 1. The molecule has 1 amide bonds. The van der Waals surface area contributed by atoms with Gasteiger partial charge in [-0.3, -0.25) is 14.7 Å². The van der Waals surface area contributed by atoms with Crippen LogP contribution in [0, 0.1) is 0 Å². The number of rotatable bonds is 5. The number of pyridine rings is 1. The molecule has 6 heteroatoms. The second-order valence-corrected chi connectivity index (χ2v) is 6.10. The Morgan fingerprint density at radius 2 is 1.84 bits per heavy atom. The number of carbonyl (C=O) groups is 1. The Balaban J connectivity index is 1.51. The van der Waals surface area contributed by atoms with E-state index in [-0.39, 0.29) is 5.91 Å². The topological polar surface area (TPSA) is 57.7 Å². The molecule has 25 heavy (non-hydrogen) atoms. The van der Waals surface area contributed by atoms with Crippen LogP contribution in [0.2, 0.25) is 0 Å². The van der Waals surface area contributed by atoms with Gasteiger partial charge in [-0.2, -0.15) is 0 Å². The summed E-state index contributed by atoms with van der Waals surface area (Å²) in [5.41, 5.74) is 1.98. The first-order chi connectivity index (χ1) is 12.2. The number of amides is 1. The van der Waals surface area contributed by atoms with Crippen molar-refractivity contribution in [2.45, 2.75) is 6.42 Å². The van der Waals surface area contributed by atoms with Crippen LogP contribution in [-0.4, -0.2) is 55.6 Å². The van der Waals surface area contributed by atoms with Gasteiger partial charge in [0.15, 0.2) is 0 Å². The first-order valence-electron chi connectivity index (χ1n) is 8.56. The molecule has 0 bridgehead atoms. The molecule has 1 saturated heterocycles. The summed E-state index contributed by atoms with van der Waals surface area (Å²) in [6.07, 6.45) is 4.39. The van der Waals surface area contributed by atoms with Crippen molar-refractivity contribution < 1.29 is 9.53 Å². The van der Waals surface area contributed by atoms with E-state index in [4.69, 9.17) is 4.74 Å². The fourth-order valence-electron chi connectivity index (χ4n) is 3.02. The summed E-state index contributed by atoms with van der Waals surface area (Å²) < 4.78 is 5.22. The molecule has 2 aromatic rings. The lowest BCUT2D eigenvalue weighted by Gasteiger charge is -2.23. The molecule has 0 aliphatic carbocycles. The van der Waals surface area contributed by atoms with E-state index in [2.05, 4.69) is 32.2 Å². The Morgan fingerprint density at radius 1 is 1.08 bits per heavy atom. The number of ether oxygens (including phenoxy) is 1. The van der Waals surface area contributed by atoms with Crippen LogP contribution in [0.1, 0.15) is 6.42 Å². The van der Waals surface area contributed by atoms with Gasteiger partial charge in [0.1, 0.15) is 5.75 Å². The number of methoxy groups -OCH3 is 1. The summed E-state index contributed by atoms with van der Waals surface area (Å²) >= 11 is 0. The monoisotopic (exact) mass is 340 g/mol. The molecule has 1 aromatic carbocycles. The molecule has 0 saturated carbocycles. The second-order valence-electron chi connectivity index (χ2n) is 6.10. The molecule has 0 atom stereocenters. The zero-order valence-corrected chi connectivity index (χ0v) is 14.5. The van der Waals surface area contributed by atoms with Crippen molar-refractivity contribution in [1.29, 1.82) is 0 Å². The zero-order valence-electron chi connectivity index (χ0n) is 14.5. The standard InChI is InChI=1S/C19H24N4O2/c1-25-18-5-3-17(4-6-18)23-12-2-11-22(13-14-23)15-19(24)21-16-7-9-20-10-8-16/h3-10H,2,11-15H2,1H3,(H,20,21,24). The van der Waals surface area contributed by atoms with E-state index in [0.717, 1.165) is 44.0 Å². The maximum Gasteiger partial charge on any atom is 0.238 e. The van der Waals surface area contributed by atoms with Crippen LogP contribution in [0.4, 0.5) is 11.4 Å². The molecular formula is C19H24N4O2. The van der Waals surface area contributed by atoms with Gasteiger partial charge in [0.05, 0.1) is 13.7 Å². The minimum Gasteiger partial charge on any atom is -0.497 e. The second kappa shape index (κ2) is 8.48. The first kappa shape index (κ1) is 17.2. The van der Waals surface area contributed by atoms with Crippen LogP contribution in [0.5, 0.6) is 5.75 Å². The molecular weight excluding hydrogens is 316 g/mol. The molecule has 0 radical (unpaired) electrons. The van der Waals surface area contributed by atoms with Crippen molar-refractivity contribution in [2.75, 3.05) is 50.1 Å². The number of carbonyl (C=O) groups excluding carboxylic acids is 1. The molecule has 6 nitrogen and oxygen atoms in total.